The third-order valence-electron chi connectivity index (χ3n) is 3.40. The average Bonchev–Trinajstić information content (AvgIpc) is 2.62. The zero-order chi connectivity index (χ0) is 17.9. The highest BCUT2D eigenvalue weighted by Crippen LogP contribution is 2.04. The molecule has 0 aliphatic carbocycles. The van der Waals surface area contributed by atoms with Crippen LogP contribution < -0.4 is 16.0 Å². The van der Waals surface area contributed by atoms with Crippen LogP contribution in [0.2, 0.25) is 0 Å². The summed E-state index contributed by atoms with van der Waals surface area (Å²) in [6.45, 7) is 3.32. The Hall–Kier alpha value is -2.16. The molecule has 2 rings (SSSR count). The summed E-state index contributed by atoms with van der Waals surface area (Å²) in [6.07, 6.45) is 0.737. The fraction of sp³-hybridized carbons (Fsp3) is 0.263. The van der Waals surface area contributed by atoms with Gasteiger partial charge in [-0.25, -0.2) is 9.38 Å². The van der Waals surface area contributed by atoms with Crippen LogP contribution in [-0.4, -0.2) is 31.5 Å². The van der Waals surface area contributed by atoms with E-state index < -0.39 is 0 Å². The number of anilines is 1. The van der Waals surface area contributed by atoms with Gasteiger partial charge in [-0.2, -0.15) is 0 Å². The fourth-order valence-corrected chi connectivity index (χ4v) is 2.19. The number of para-hydroxylation sites is 1. The highest BCUT2D eigenvalue weighted by molar-refractivity contribution is 14.0. The van der Waals surface area contributed by atoms with E-state index in [1.165, 1.54) is 12.1 Å². The highest BCUT2D eigenvalue weighted by Gasteiger charge is 2.03. The predicted molar refractivity (Wildman–Crippen MR) is 115 cm³/mol. The number of hydrogen-bond donors (Lipinski definition) is 3. The Morgan fingerprint density at radius 2 is 1.73 bits per heavy atom. The Labute approximate surface area is 170 Å². The molecule has 0 saturated heterocycles. The van der Waals surface area contributed by atoms with Crippen LogP contribution in [0.4, 0.5) is 10.1 Å². The molecule has 2 aromatic carbocycles. The fourth-order valence-electron chi connectivity index (χ4n) is 2.19. The normalized spacial score (nSPS) is 10.6. The molecule has 0 aliphatic rings. The lowest BCUT2D eigenvalue weighted by molar-refractivity contribution is -0.114. The predicted octanol–water partition coefficient (Wildman–Crippen LogP) is 3.18. The van der Waals surface area contributed by atoms with Gasteiger partial charge in [-0.1, -0.05) is 30.3 Å². The summed E-state index contributed by atoms with van der Waals surface area (Å²) in [7, 11) is 0. The second kappa shape index (κ2) is 12.2. The minimum Gasteiger partial charge on any atom is -0.357 e. The molecule has 0 unspecified atom stereocenters. The van der Waals surface area contributed by atoms with Gasteiger partial charge in [-0.3, -0.25) is 4.79 Å². The molecule has 0 bridgehead atoms. The lowest BCUT2D eigenvalue weighted by atomic mass is 10.1. The molecule has 26 heavy (non-hydrogen) atoms. The maximum absolute atomic E-state index is 12.9. The van der Waals surface area contributed by atoms with Crippen molar-refractivity contribution in [1.82, 2.24) is 10.6 Å². The van der Waals surface area contributed by atoms with Crippen molar-refractivity contribution in [2.24, 2.45) is 4.99 Å². The van der Waals surface area contributed by atoms with Crippen molar-refractivity contribution >= 4 is 41.5 Å². The molecule has 0 spiro atoms. The molecular formula is C19H24FIN4O. The number of carbonyl (C=O) groups excluding carboxylic acids is 1. The molecule has 0 fully saturated rings. The third kappa shape index (κ3) is 8.28. The summed E-state index contributed by atoms with van der Waals surface area (Å²) in [6, 6.07) is 15.7. The monoisotopic (exact) mass is 470 g/mol. The Morgan fingerprint density at radius 3 is 2.38 bits per heavy atom. The van der Waals surface area contributed by atoms with Crippen LogP contribution in [0.15, 0.2) is 59.6 Å². The minimum absolute atomic E-state index is 0. The summed E-state index contributed by atoms with van der Waals surface area (Å²) in [5, 5.41) is 9.05. The third-order valence-corrected chi connectivity index (χ3v) is 3.40. The molecule has 3 N–H and O–H groups in total. The zero-order valence-corrected chi connectivity index (χ0v) is 17.0. The number of halogens is 2. The lowest BCUT2D eigenvalue weighted by Gasteiger charge is -2.11. The molecule has 0 saturated carbocycles. The maximum atomic E-state index is 12.9. The summed E-state index contributed by atoms with van der Waals surface area (Å²) >= 11 is 0. The Bertz CT molecular complexity index is 692. The van der Waals surface area contributed by atoms with Crippen LogP contribution >= 0.6 is 24.0 Å². The summed E-state index contributed by atoms with van der Waals surface area (Å²) in [5.74, 6) is 0.158. The Balaban J connectivity index is 0.00000338. The summed E-state index contributed by atoms with van der Waals surface area (Å²) < 4.78 is 12.9. The van der Waals surface area contributed by atoms with Gasteiger partial charge < -0.3 is 16.0 Å². The summed E-state index contributed by atoms with van der Waals surface area (Å²) in [5.41, 5.74) is 1.78. The smallest absolute Gasteiger partial charge is 0.246 e. The average molecular weight is 470 g/mol. The van der Waals surface area contributed by atoms with Crippen molar-refractivity contribution in [3.8, 4) is 0 Å². The van der Waals surface area contributed by atoms with E-state index in [2.05, 4.69) is 20.9 Å². The van der Waals surface area contributed by atoms with E-state index in [0.29, 0.717) is 19.0 Å². The number of carbonyl (C=O) groups is 1. The standard InChI is InChI=1S/C19H23FN4O.HI/c1-2-21-19(22-13-12-15-8-10-16(20)11-9-15)23-14-18(25)24-17-6-4-3-5-7-17;/h3-11H,2,12-14H2,1H3,(H,24,25)(H2,21,22,23);1H. The first-order valence-corrected chi connectivity index (χ1v) is 8.29. The maximum Gasteiger partial charge on any atom is 0.246 e. The van der Waals surface area contributed by atoms with Crippen LogP contribution in [-0.2, 0) is 11.2 Å². The first-order chi connectivity index (χ1) is 12.2. The van der Waals surface area contributed by atoms with Crippen LogP contribution in [0, 0.1) is 5.82 Å². The zero-order valence-electron chi connectivity index (χ0n) is 14.7. The van der Waals surface area contributed by atoms with Crippen LogP contribution in [0.5, 0.6) is 0 Å². The van der Waals surface area contributed by atoms with E-state index in [-0.39, 0.29) is 42.2 Å². The van der Waals surface area contributed by atoms with Crippen molar-refractivity contribution < 1.29 is 9.18 Å². The van der Waals surface area contributed by atoms with Crippen LogP contribution in [0.25, 0.3) is 0 Å². The van der Waals surface area contributed by atoms with E-state index >= 15 is 0 Å². The number of guanidine groups is 1. The van der Waals surface area contributed by atoms with E-state index in [9.17, 15) is 9.18 Å². The molecule has 5 nitrogen and oxygen atoms in total. The van der Waals surface area contributed by atoms with Crippen LogP contribution in [0.1, 0.15) is 12.5 Å². The number of rotatable bonds is 7. The number of benzene rings is 2. The van der Waals surface area contributed by atoms with Gasteiger partial charge in [0.2, 0.25) is 5.91 Å². The van der Waals surface area contributed by atoms with Gasteiger partial charge in [-0.05, 0) is 43.2 Å². The van der Waals surface area contributed by atoms with Crippen molar-refractivity contribution in [1.29, 1.82) is 0 Å². The second-order valence-electron chi connectivity index (χ2n) is 5.41. The minimum atomic E-state index is -0.240. The Kier molecular flexibility index (Phi) is 10.3. The van der Waals surface area contributed by atoms with E-state index in [0.717, 1.165) is 17.7 Å². The highest BCUT2D eigenvalue weighted by atomic mass is 127. The number of nitrogens with zero attached hydrogens (tertiary/aromatic N) is 1. The number of aliphatic imine (C=N–C) groups is 1. The van der Waals surface area contributed by atoms with Crippen molar-refractivity contribution in [2.75, 3.05) is 25.0 Å². The first-order valence-electron chi connectivity index (χ1n) is 8.29. The van der Waals surface area contributed by atoms with E-state index in [4.69, 9.17) is 0 Å². The van der Waals surface area contributed by atoms with Gasteiger partial charge in [0.1, 0.15) is 12.4 Å². The molecular weight excluding hydrogens is 446 g/mol. The van der Waals surface area contributed by atoms with Crippen molar-refractivity contribution in [3.05, 3.63) is 66.0 Å². The van der Waals surface area contributed by atoms with Gasteiger partial charge in [0.05, 0.1) is 0 Å². The number of nitrogens with one attached hydrogen (secondary N) is 3. The molecule has 140 valence electrons. The first kappa shape index (κ1) is 21.9. The quantitative estimate of drug-likeness (QED) is 0.331. The molecule has 0 aliphatic heterocycles. The van der Waals surface area contributed by atoms with Gasteiger partial charge in [-0.15, -0.1) is 24.0 Å². The van der Waals surface area contributed by atoms with E-state index in [1.807, 2.05) is 37.3 Å². The largest absolute Gasteiger partial charge is 0.357 e. The van der Waals surface area contributed by atoms with Gasteiger partial charge in [0, 0.05) is 18.8 Å². The molecule has 0 atom stereocenters. The molecule has 0 aromatic heterocycles. The van der Waals surface area contributed by atoms with Gasteiger partial charge >= 0.3 is 0 Å². The summed E-state index contributed by atoms with van der Waals surface area (Å²) in [4.78, 5) is 16.2. The van der Waals surface area contributed by atoms with Crippen molar-refractivity contribution in [3.63, 3.8) is 0 Å². The SMILES string of the molecule is CCNC(=NCC(=O)Nc1ccccc1)NCCc1ccc(F)cc1.I. The van der Waals surface area contributed by atoms with Crippen LogP contribution in [0.3, 0.4) is 0 Å². The topological polar surface area (TPSA) is 65.5 Å². The second-order valence-corrected chi connectivity index (χ2v) is 5.41. The molecule has 0 radical (unpaired) electrons. The van der Waals surface area contributed by atoms with Gasteiger partial charge in [0.15, 0.2) is 5.96 Å². The number of hydrogen-bond acceptors (Lipinski definition) is 2. The molecule has 1 amide bonds. The lowest BCUT2D eigenvalue weighted by Crippen LogP contribution is -2.39. The van der Waals surface area contributed by atoms with E-state index in [1.54, 1.807) is 12.1 Å². The number of amides is 1. The Morgan fingerprint density at radius 1 is 1.04 bits per heavy atom. The molecule has 7 heteroatoms. The van der Waals surface area contributed by atoms with Crippen molar-refractivity contribution in [2.45, 2.75) is 13.3 Å². The molecule has 2 aromatic rings. The molecule has 0 heterocycles. The van der Waals surface area contributed by atoms with Gasteiger partial charge in [0.25, 0.3) is 0 Å².